The minimum atomic E-state index is -2.49. The van der Waals surface area contributed by atoms with Crippen LogP contribution in [0.15, 0.2) is 30.5 Å². The van der Waals surface area contributed by atoms with Crippen molar-refractivity contribution in [2.45, 2.75) is 63.0 Å². The van der Waals surface area contributed by atoms with E-state index in [1.165, 1.54) is 0 Å². The fourth-order valence-corrected chi connectivity index (χ4v) is 4.08. The summed E-state index contributed by atoms with van der Waals surface area (Å²) in [5, 5.41) is 10.7. The van der Waals surface area contributed by atoms with Gasteiger partial charge in [-0.25, -0.2) is 8.78 Å². The van der Waals surface area contributed by atoms with E-state index >= 15 is 0 Å². The molecule has 1 aromatic heterocycles. The van der Waals surface area contributed by atoms with Gasteiger partial charge in [-0.2, -0.15) is 5.10 Å². The van der Waals surface area contributed by atoms with E-state index in [2.05, 4.69) is 15.7 Å². The number of halogens is 2. The van der Waals surface area contributed by atoms with Gasteiger partial charge in [-0.15, -0.1) is 0 Å². The van der Waals surface area contributed by atoms with Crippen LogP contribution in [0.3, 0.4) is 0 Å². The molecule has 150 valence electrons. The molecule has 7 heteroatoms. The third-order valence-corrected chi connectivity index (χ3v) is 5.80. The lowest BCUT2D eigenvalue weighted by atomic mass is 9.92. The molecule has 2 N–H and O–H groups in total. The molecule has 2 aromatic rings. The maximum Gasteiger partial charge on any atom is 0.255 e. The second-order valence-electron chi connectivity index (χ2n) is 8.13. The first-order valence-corrected chi connectivity index (χ1v) is 9.86. The highest BCUT2D eigenvalue weighted by Gasteiger charge is 2.42. The van der Waals surface area contributed by atoms with Gasteiger partial charge in [0, 0.05) is 49.7 Å². The topological polar surface area (TPSA) is 59.0 Å². The molecule has 2 atom stereocenters. The Labute approximate surface area is 163 Å². The summed E-state index contributed by atoms with van der Waals surface area (Å²) >= 11 is 0. The molecule has 2 aliphatic rings. The van der Waals surface area contributed by atoms with Crippen molar-refractivity contribution in [3.63, 3.8) is 0 Å². The quantitative estimate of drug-likeness (QED) is 0.814. The van der Waals surface area contributed by atoms with Gasteiger partial charge in [0.1, 0.15) is 0 Å². The minimum absolute atomic E-state index is 0.0224. The van der Waals surface area contributed by atoms with Crippen molar-refractivity contribution in [1.82, 2.24) is 15.1 Å². The van der Waals surface area contributed by atoms with Crippen LogP contribution in [0.5, 0.6) is 0 Å². The van der Waals surface area contributed by atoms with Gasteiger partial charge in [0.15, 0.2) is 0 Å². The molecule has 2 saturated carbocycles. The maximum atomic E-state index is 13.3. The lowest BCUT2D eigenvalue weighted by molar-refractivity contribution is -0.0405. The van der Waals surface area contributed by atoms with Gasteiger partial charge in [0.05, 0.1) is 11.4 Å². The average molecular weight is 388 g/mol. The van der Waals surface area contributed by atoms with Gasteiger partial charge in [0.25, 0.3) is 5.91 Å². The molecule has 28 heavy (non-hydrogen) atoms. The molecule has 1 heterocycles. The molecule has 2 fully saturated rings. The number of aryl methyl sites for hydroxylation is 2. The fraction of sp³-hybridized carbons (Fsp3) is 0.524. The van der Waals surface area contributed by atoms with Crippen LogP contribution >= 0.6 is 0 Å². The van der Waals surface area contributed by atoms with Crippen LogP contribution in [0, 0.1) is 6.92 Å². The van der Waals surface area contributed by atoms with Crippen LogP contribution in [0.1, 0.15) is 59.6 Å². The predicted octanol–water partition coefficient (Wildman–Crippen LogP) is 4.00. The van der Waals surface area contributed by atoms with Crippen molar-refractivity contribution in [3.05, 3.63) is 47.3 Å². The molecule has 1 amide bonds. The number of hydrogen-bond donors (Lipinski definition) is 2. The van der Waals surface area contributed by atoms with Gasteiger partial charge >= 0.3 is 0 Å². The number of carbonyl (C=O) groups excluding carboxylic acids is 1. The van der Waals surface area contributed by atoms with Crippen molar-refractivity contribution >= 4 is 11.6 Å². The van der Waals surface area contributed by atoms with Crippen molar-refractivity contribution in [2.75, 3.05) is 5.32 Å². The SMILES string of the molecule is Cc1nn(C)cc1NC(=O)c1cccc(C2CC2NC2CCC(F)(F)CC2)c1. The molecule has 4 rings (SSSR count). The summed E-state index contributed by atoms with van der Waals surface area (Å²) in [5.41, 5.74) is 3.22. The lowest BCUT2D eigenvalue weighted by Gasteiger charge is -2.29. The predicted molar refractivity (Wildman–Crippen MR) is 104 cm³/mol. The molecule has 2 unspecified atom stereocenters. The molecular weight excluding hydrogens is 362 g/mol. The molecule has 2 aliphatic carbocycles. The standard InChI is InChI=1S/C21H26F2N4O/c1-13-19(12-27(2)26-13)25-20(28)15-5-3-4-14(10-15)17-11-18(17)24-16-6-8-21(22,23)9-7-16/h3-5,10,12,16-18,24H,6-9,11H2,1-2H3,(H,25,28). The molecule has 1 aromatic carbocycles. The number of hydrogen-bond acceptors (Lipinski definition) is 3. The van der Waals surface area contributed by atoms with Crippen LogP contribution in [0.2, 0.25) is 0 Å². The Morgan fingerprint density at radius 2 is 2.04 bits per heavy atom. The molecule has 0 radical (unpaired) electrons. The second-order valence-corrected chi connectivity index (χ2v) is 8.13. The first kappa shape index (κ1) is 19.1. The van der Waals surface area contributed by atoms with Crippen molar-refractivity contribution in [2.24, 2.45) is 7.05 Å². The van der Waals surface area contributed by atoms with Gasteiger partial charge in [0.2, 0.25) is 5.92 Å². The zero-order chi connectivity index (χ0) is 19.9. The summed E-state index contributed by atoms with van der Waals surface area (Å²) in [4.78, 5) is 12.6. The summed E-state index contributed by atoms with van der Waals surface area (Å²) < 4.78 is 28.3. The lowest BCUT2D eigenvalue weighted by Crippen LogP contribution is -2.38. The van der Waals surface area contributed by atoms with E-state index in [0.29, 0.717) is 36.1 Å². The molecule has 0 bridgehead atoms. The highest BCUT2D eigenvalue weighted by Crippen LogP contribution is 2.43. The van der Waals surface area contributed by atoms with Crippen LogP contribution < -0.4 is 10.6 Å². The number of alkyl halides is 2. The number of amides is 1. The Balaban J connectivity index is 1.35. The summed E-state index contributed by atoms with van der Waals surface area (Å²) in [6.07, 6.45) is 3.79. The monoisotopic (exact) mass is 388 g/mol. The van der Waals surface area contributed by atoms with E-state index in [4.69, 9.17) is 0 Å². The normalized spacial score (nSPS) is 24.1. The van der Waals surface area contributed by atoms with Gasteiger partial charge in [-0.05, 0) is 43.9 Å². The molecule has 5 nitrogen and oxygen atoms in total. The van der Waals surface area contributed by atoms with Crippen molar-refractivity contribution in [3.8, 4) is 0 Å². The fourth-order valence-electron chi connectivity index (χ4n) is 4.08. The van der Waals surface area contributed by atoms with E-state index in [0.717, 1.165) is 17.7 Å². The van der Waals surface area contributed by atoms with Crippen LogP contribution in [0.4, 0.5) is 14.5 Å². The van der Waals surface area contributed by atoms with Crippen LogP contribution in [-0.4, -0.2) is 33.7 Å². The first-order valence-electron chi connectivity index (χ1n) is 9.86. The van der Waals surface area contributed by atoms with E-state index in [-0.39, 0.29) is 24.8 Å². The van der Waals surface area contributed by atoms with Gasteiger partial charge in [-0.1, -0.05) is 12.1 Å². The number of anilines is 1. The first-order chi connectivity index (χ1) is 13.3. The molecular formula is C21H26F2N4O. The summed E-state index contributed by atoms with van der Waals surface area (Å²) in [7, 11) is 1.82. The number of carbonyl (C=O) groups is 1. The summed E-state index contributed by atoms with van der Waals surface area (Å²) in [6.45, 7) is 1.85. The number of nitrogens with one attached hydrogen (secondary N) is 2. The van der Waals surface area contributed by atoms with E-state index in [9.17, 15) is 13.6 Å². The van der Waals surface area contributed by atoms with Gasteiger partial charge in [-0.3, -0.25) is 9.48 Å². The Morgan fingerprint density at radius 3 is 2.71 bits per heavy atom. The Hall–Kier alpha value is -2.28. The smallest absolute Gasteiger partial charge is 0.255 e. The van der Waals surface area contributed by atoms with E-state index in [1.54, 1.807) is 16.9 Å². The number of aromatic nitrogens is 2. The van der Waals surface area contributed by atoms with Crippen molar-refractivity contribution in [1.29, 1.82) is 0 Å². The number of nitrogens with zero attached hydrogens (tertiary/aromatic N) is 2. The highest BCUT2D eigenvalue weighted by molar-refractivity contribution is 6.04. The molecule has 0 saturated heterocycles. The highest BCUT2D eigenvalue weighted by atomic mass is 19.3. The maximum absolute atomic E-state index is 13.3. The third kappa shape index (κ3) is 4.24. The largest absolute Gasteiger partial charge is 0.319 e. The van der Waals surface area contributed by atoms with E-state index in [1.807, 2.05) is 32.2 Å². The van der Waals surface area contributed by atoms with Gasteiger partial charge < -0.3 is 10.6 Å². The zero-order valence-electron chi connectivity index (χ0n) is 16.2. The number of rotatable bonds is 5. The van der Waals surface area contributed by atoms with Crippen molar-refractivity contribution < 1.29 is 13.6 Å². The Bertz CT molecular complexity index is 869. The van der Waals surface area contributed by atoms with Crippen LogP contribution in [0.25, 0.3) is 0 Å². The zero-order valence-corrected chi connectivity index (χ0v) is 16.2. The second kappa shape index (κ2) is 7.28. The minimum Gasteiger partial charge on any atom is -0.319 e. The van der Waals surface area contributed by atoms with E-state index < -0.39 is 5.92 Å². The summed E-state index contributed by atoms with van der Waals surface area (Å²) in [5.74, 6) is -2.30. The summed E-state index contributed by atoms with van der Waals surface area (Å²) in [6, 6.07) is 8.16. The Morgan fingerprint density at radius 1 is 1.29 bits per heavy atom. The van der Waals surface area contributed by atoms with Crippen LogP contribution in [-0.2, 0) is 7.05 Å². The third-order valence-electron chi connectivity index (χ3n) is 5.80. The molecule has 0 spiro atoms. The number of benzene rings is 1. The molecule has 0 aliphatic heterocycles. The Kier molecular flexibility index (Phi) is 4.95. The average Bonchev–Trinajstić information content (AvgIpc) is 3.34.